The van der Waals surface area contributed by atoms with Crippen molar-refractivity contribution in [1.29, 1.82) is 0 Å². The molecular weight excluding hydrogens is 278 g/mol. The lowest BCUT2D eigenvalue weighted by atomic mass is 9.64. The third-order valence-corrected chi connectivity index (χ3v) is 3.54. The third kappa shape index (κ3) is 3.06. The van der Waals surface area contributed by atoms with E-state index in [0.29, 0.717) is 5.56 Å². The summed E-state index contributed by atoms with van der Waals surface area (Å²) in [4.78, 5) is 24.8. The standard InChI is InChI=1S/C18H21NO3/c1-12(20)16-14-7-9-15(10-8-14)17(16)19-18(21)22-11-13-5-3-2-4-6-13/h2-7,9,14-17H,8,10-11H2,1H3,(H,19,21)/t14?,15-,16-,17-/m0/s1/i7D,8D2,9D,10D2,14D,15D. The van der Waals surface area contributed by atoms with Gasteiger partial charge in [0.1, 0.15) is 12.4 Å². The van der Waals surface area contributed by atoms with Crippen molar-refractivity contribution in [3.63, 3.8) is 0 Å². The maximum Gasteiger partial charge on any atom is 0.407 e. The molecule has 4 atom stereocenters. The van der Waals surface area contributed by atoms with Crippen LogP contribution in [0, 0.1) is 17.7 Å². The van der Waals surface area contributed by atoms with Crippen molar-refractivity contribution in [2.45, 2.75) is 32.3 Å². The van der Waals surface area contributed by atoms with E-state index in [2.05, 4.69) is 5.32 Å². The second-order valence-electron chi connectivity index (χ2n) is 5.10. The highest BCUT2D eigenvalue weighted by Gasteiger charge is 2.43. The molecule has 4 rings (SSSR count). The van der Waals surface area contributed by atoms with Crippen molar-refractivity contribution in [1.82, 2.24) is 5.32 Å². The Balaban J connectivity index is 2.01. The van der Waals surface area contributed by atoms with E-state index in [1.54, 1.807) is 30.3 Å². The van der Waals surface area contributed by atoms with E-state index in [4.69, 9.17) is 15.7 Å². The van der Waals surface area contributed by atoms with Crippen LogP contribution in [0.1, 0.15) is 36.2 Å². The second-order valence-corrected chi connectivity index (χ2v) is 5.10. The van der Waals surface area contributed by atoms with Gasteiger partial charge in [-0.15, -0.1) is 0 Å². The summed E-state index contributed by atoms with van der Waals surface area (Å²) in [5.74, 6) is -8.15. The van der Waals surface area contributed by atoms with E-state index in [-0.39, 0.29) is 6.61 Å². The molecule has 0 spiro atoms. The molecule has 1 saturated carbocycles. The van der Waals surface area contributed by atoms with Crippen LogP contribution in [0.2, 0.25) is 0 Å². The van der Waals surface area contributed by atoms with Crippen LogP contribution in [0.3, 0.4) is 0 Å². The normalized spacial score (nSPS) is 46.6. The molecule has 116 valence electrons. The molecular formula is C18H21NO3. The van der Waals surface area contributed by atoms with Crippen molar-refractivity contribution >= 4 is 11.9 Å². The number of hydrogen-bond acceptors (Lipinski definition) is 3. The summed E-state index contributed by atoms with van der Waals surface area (Å²) in [6, 6.07) is 4.98. The number of rotatable bonds is 4. The summed E-state index contributed by atoms with van der Waals surface area (Å²) in [5.41, 5.74) is 0.652. The lowest BCUT2D eigenvalue weighted by Crippen LogP contribution is -2.54. The van der Waals surface area contributed by atoms with Gasteiger partial charge in [0.15, 0.2) is 0 Å². The Kier molecular flexibility index (Phi) is 2.29. The number of ketones is 1. The van der Waals surface area contributed by atoms with Crippen LogP contribution in [0.5, 0.6) is 0 Å². The fraction of sp³-hybridized carbons (Fsp3) is 0.444. The zero-order valence-corrected chi connectivity index (χ0v) is 12.0. The molecule has 0 aromatic heterocycles. The molecule has 0 aliphatic heterocycles. The summed E-state index contributed by atoms with van der Waals surface area (Å²) >= 11 is 0. The SMILES string of the molecule is [2H]C1=C([2H])[C@]2([2H])[C@H](NC(=O)OCc3ccccc3)[C@@H](C(C)=O)C1([2H])C([2H])([2H])C2([2H])[2H]. The molecule has 4 heteroatoms. The zero-order chi connectivity index (χ0) is 22.7. The van der Waals surface area contributed by atoms with Crippen molar-refractivity contribution in [2.75, 3.05) is 0 Å². The highest BCUT2D eigenvalue weighted by Crippen LogP contribution is 2.41. The second kappa shape index (κ2) is 6.34. The van der Waals surface area contributed by atoms with Crippen LogP contribution in [0.15, 0.2) is 42.4 Å². The summed E-state index contributed by atoms with van der Waals surface area (Å²) in [6.07, 6.45) is -7.38. The van der Waals surface area contributed by atoms with Crippen molar-refractivity contribution in [3.8, 4) is 0 Å². The first-order valence-corrected chi connectivity index (χ1v) is 6.90. The van der Waals surface area contributed by atoms with Gasteiger partial charge in [0.2, 0.25) is 0 Å². The number of hydrogen-bond donors (Lipinski definition) is 1. The van der Waals surface area contributed by atoms with Gasteiger partial charge in [-0.3, -0.25) is 4.79 Å². The van der Waals surface area contributed by atoms with E-state index in [1.807, 2.05) is 0 Å². The molecule has 1 N–H and O–H groups in total. The predicted octanol–water partition coefficient (Wildman–Crippen LogP) is 3.08. The van der Waals surface area contributed by atoms with Gasteiger partial charge in [-0.05, 0) is 37.0 Å². The molecule has 2 bridgehead atoms. The molecule has 22 heavy (non-hydrogen) atoms. The summed E-state index contributed by atoms with van der Waals surface area (Å²) < 4.78 is 71.5. The summed E-state index contributed by atoms with van der Waals surface area (Å²) in [7, 11) is 0. The minimum absolute atomic E-state index is 0.151. The molecule has 1 unspecified atom stereocenters. The van der Waals surface area contributed by atoms with E-state index < -0.39 is 60.5 Å². The average molecular weight is 307 g/mol. The summed E-state index contributed by atoms with van der Waals surface area (Å²) in [5, 5.41) is 2.23. The van der Waals surface area contributed by atoms with Crippen molar-refractivity contribution < 1.29 is 25.3 Å². The molecule has 1 aromatic rings. The lowest BCUT2D eigenvalue weighted by Gasteiger charge is -2.43. The first kappa shape index (κ1) is 7.95. The van der Waals surface area contributed by atoms with Gasteiger partial charge in [0.25, 0.3) is 0 Å². The monoisotopic (exact) mass is 307 g/mol. The van der Waals surface area contributed by atoms with Crippen LogP contribution in [0.25, 0.3) is 0 Å². The van der Waals surface area contributed by atoms with Crippen LogP contribution in [-0.2, 0) is 16.1 Å². The fourth-order valence-electron chi connectivity index (χ4n) is 2.46. The summed E-state index contributed by atoms with van der Waals surface area (Å²) in [6.45, 7) is 0.875. The Bertz CT molecular complexity index is 921. The predicted molar refractivity (Wildman–Crippen MR) is 83.1 cm³/mol. The van der Waals surface area contributed by atoms with E-state index in [9.17, 15) is 9.59 Å². The molecule has 0 saturated heterocycles. The van der Waals surface area contributed by atoms with Gasteiger partial charge >= 0.3 is 6.09 Å². The Labute approximate surface area is 141 Å². The number of carbonyl (C=O) groups excluding carboxylic acids is 2. The van der Waals surface area contributed by atoms with Gasteiger partial charge in [-0.25, -0.2) is 4.79 Å². The molecule has 0 heterocycles. The maximum absolute atomic E-state index is 12.4. The number of carbonyl (C=O) groups is 2. The van der Waals surface area contributed by atoms with Crippen LogP contribution >= 0.6 is 0 Å². The largest absolute Gasteiger partial charge is 0.445 e. The number of amides is 1. The molecule has 1 fully saturated rings. The van der Waals surface area contributed by atoms with E-state index in [1.165, 1.54) is 0 Å². The van der Waals surface area contributed by atoms with E-state index >= 15 is 0 Å². The fourth-order valence-corrected chi connectivity index (χ4v) is 2.46. The first-order valence-electron chi connectivity index (χ1n) is 10.9. The minimum Gasteiger partial charge on any atom is -0.445 e. The smallest absolute Gasteiger partial charge is 0.407 e. The van der Waals surface area contributed by atoms with Crippen LogP contribution in [-0.4, -0.2) is 17.9 Å². The van der Waals surface area contributed by atoms with Gasteiger partial charge < -0.3 is 10.1 Å². The van der Waals surface area contributed by atoms with Gasteiger partial charge in [-0.1, -0.05) is 42.4 Å². The van der Waals surface area contributed by atoms with E-state index in [0.717, 1.165) is 6.92 Å². The number of ether oxygens (including phenoxy) is 1. The molecule has 1 amide bonds. The number of nitrogens with one attached hydrogen (secondary N) is 1. The number of benzene rings is 1. The van der Waals surface area contributed by atoms with Gasteiger partial charge in [0.05, 0.1) is 2.74 Å². The molecule has 1 aromatic carbocycles. The molecule has 3 aliphatic carbocycles. The zero-order valence-electron chi connectivity index (χ0n) is 20.0. The maximum atomic E-state index is 12.4. The average Bonchev–Trinajstić information content (AvgIpc) is 2.68. The Hall–Kier alpha value is -2.10. The first-order chi connectivity index (χ1) is 13.7. The van der Waals surface area contributed by atoms with Gasteiger partial charge in [0, 0.05) is 20.2 Å². The van der Waals surface area contributed by atoms with Crippen molar-refractivity contribution in [3.05, 3.63) is 48.0 Å². The third-order valence-electron chi connectivity index (χ3n) is 3.54. The van der Waals surface area contributed by atoms with Gasteiger partial charge in [-0.2, -0.15) is 0 Å². The molecule has 0 radical (unpaired) electrons. The lowest BCUT2D eigenvalue weighted by molar-refractivity contribution is -0.124. The Morgan fingerprint density at radius 1 is 1.32 bits per heavy atom. The molecule has 3 aliphatic rings. The Morgan fingerprint density at radius 3 is 2.73 bits per heavy atom. The molecule has 4 nitrogen and oxygen atoms in total. The quantitative estimate of drug-likeness (QED) is 0.870. The number of allylic oxidation sites excluding steroid dienone is 1. The Morgan fingerprint density at radius 2 is 2.00 bits per heavy atom. The minimum atomic E-state index is -3.15. The number of fused-ring (bicyclic) bond motifs is 2. The van der Waals surface area contributed by atoms with Crippen LogP contribution in [0.4, 0.5) is 4.79 Å². The van der Waals surface area contributed by atoms with Crippen molar-refractivity contribution in [2.24, 2.45) is 17.7 Å². The van der Waals surface area contributed by atoms with Crippen LogP contribution < -0.4 is 5.32 Å². The topological polar surface area (TPSA) is 55.4 Å². The highest BCUT2D eigenvalue weighted by molar-refractivity contribution is 5.81. The number of Topliss-reactive ketones (excluding diaryl/α,β-unsaturated/α-hetero) is 1. The highest BCUT2D eigenvalue weighted by atomic mass is 16.5. The number of alkyl carbamates (subject to hydrolysis) is 1.